The Kier molecular flexibility index (Phi) is 2.79. The molecule has 84 valence electrons. The first-order valence-electron chi connectivity index (χ1n) is 6.29. The van der Waals surface area contributed by atoms with Crippen molar-refractivity contribution in [2.45, 2.75) is 19.3 Å². The zero-order valence-electron chi connectivity index (χ0n) is 9.89. The molecule has 1 aliphatic rings. The predicted octanol–water partition coefficient (Wildman–Crippen LogP) is 4.70. The summed E-state index contributed by atoms with van der Waals surface area (Å²) in [5, 5.41) is 0. The highest BCUT2D eigenvalue weighted by Gasteiger charge is 2.09. The quantitative estimate of drug-likeness (QED) is 0.653. The van der Waals surface area contributed by atoms with E-state index in [1.807, 2.05) is 0 Å². The highest BCUT2D eigenvalue weighted by molar-refractivity contribution is 5.73. The second kappa shape index (κ2) is 4.58. The van der Waals surface area contributed by atoms with Crippen molar-refractivity contribution in [1.29, 1.82) is 0 Å². The van der Waals surface area contributed by atoms with Crippen LogP contribution in [-0.2, 0) is 6.42 Å². The smallest absolute Gasteiger partial charge is 0.0146 e. The van der Waals surface area contributed by atoms with E-state index >= 15 is 0 Å². The van der Waals surface area contributed by atoms with Gasteiger partial charge in [-0.1, -0.05) is 60.7 Å². The lowest BCUT2D eigenvalue weighted by molar-refractivity contribution is 0.853. The second-order valence-electron chi connectivity index (χ2n) is 4.53. The molecule has 0 N–H and O–H groups in total. The van der Waals surface area contributed by atoms with Crippen LogP contribution in [0.3, 0.4) is 0 Å². The maximum Gasteiger partial charge on any atom is -0.0146 e. The van der Waals surface area contributed by atoms with Gasteiger partial charge in [-0.2, -0.15) is 0 Å². The Morgan fingerprint density at radius 3 is 2.59 bits per heavy atom. The van der Waals surface area contributed by atoms with Crippen LogP contribution in [0.1, 0.15) is 24.0 Å². The average molecular weight is 220 g/mol. The largest absolute Gasteiger partial charge is 0.0839 e. The molecular formula is C17H16. The number of fused-ring (bicyclic) bond motifs is 1. The van der Waals surface area contributed by atoms with Gasteiger partial charge >= 0.3 is 0 Å². The lowest BCUT2D eigenvalue weighted by Crippen LogP contribution is -1.92. The van der Waals surface area contributed by atoms with E-state index in [0.717, 1.165) is 0 Å². The molecule has 0 heteroatoms. The van der Waals surface area contributed by atoms with Crippen LogP contribution >= 0.6 is 0 Å². The van der Waals surface area contributed by atoms with Crippen LogP contribution in [0.5, 0.6) is 0 Å². The van der Waals surface area contributed by atoms with E-state index in [1.54, 1.807) is 0 Å². The third-order valence-corrected chi connectivity index (χ3v) is 3.39. The van der Waals surface area contributed by atoms with Gasteiger partial charge in [-0.25, -0.2) is 0 Å². The number of hydrogen-bond donors (Lipinski definition) is 0. The molecule has 0 fully saturated rings. The molecule has 3 rings (SSSR count). The normalized spacial score (nSPS) is 14.1. The third kappa shape index (κ3) is 2.03. The van der Waals surface area contributed by atoms with Gasteiger partial charge in [0.1, 0.15) is 0 Å². The van der Waals surface area contributed by atoms with Crippen LogP contribution in [0, 0.1) is 0 Å². The molecule has 2 aromatic carbocycles. The maximum absolute atomic E-state index is 2.29. The zero-order valence-corrected chi connectivity index (χ0v) is 9.89. The Bertz CT molecular complexity index is 535. The van der Waals surface area contributed by atoms with Gasteiger partial charge < -0.3 is 0 Å². The van der Waals surface area contributed by atoms with E-state index in [2.05, 4.69) is 60.7 Å². The van der Waals surface area contributed by atoms with Crippen LogP contribution in [-0.4, -0.2) is 0 Å². The SMILES string of the molecule is C1=Cc2cccc(-c3ccccc3)c2CCC1. The van der Waals surface area contributed by atoms with Crippen molar-refractivity contribution in [1.82, 2.24) is 0 Å². The van der Waals surface area contributed by atoms with Gasteiger partial charge in [0, 0.05) is 0 Å². The predicted molar refractivity (Wildman–Crippen MR) is 73.9 cm³/mol. The van der Waals surface area contributed by atoms with Gasteiger partial charge in [0.25, 0.3) is 0 Å². The van der Waals surface area contributed by atoms with Crippen molar-refractivity contribution in [3.63, 3.8) is 0 Å². The average Bonchev–Trinajstić information content (AvgIpc) is 2.64. The van der Waals surface area contributed by atoms with Gasteiger partial charge in [0.15, 0.2) is 0 Å². The lowest BCUT2D eigenvalue weighted by Gasteiger charge is -2.11. The van der Waals surface area contributed by atoms with Gasteiger partial charge in [-0.05, 0) is 41.5 Å². The molecule has 0 nitrogen and oxygen atoms in total. The van der Waals surface area contributed by atoms with Crippen molar-refractivity contribution in [2.75, 3.05) is 0 Å². The summed E-state index contributed by atoms with van der Waals surface area (Å²) in [4.78, 5) is 0. The maximum atomic E-state index is 2.29. The minimum atomic E-state index is 1.19. The Labute approximate surface area is 103 Å². The minimum Gasteiger partial charge on any atom is -0.0839 e. The second-order valence-corrected chi connectivity index (χ2v) is 4.53. The van der Waals surface area contributed by atoms with E-state index in [1.165, 1.54) is 41.5 Å². The van der Waals surface area contributed by atoms with Gasteiger partial charge in [0.2, 0.25) is 0 Å². The van der Waals surface area contributed by atoms with E-state index in [-0.39, 0.29) is 0 Å². The van der Waals surface area contributed by atoms with Crippen LogP contribution < -0.4 is 0 Å². The summed E-state index contributed by atoms with van der Waals surface area (Å²) in [6.07, 6.45) is 8.21. The van der Waals surface area contributed by atoms with E-state index in [9.17, 15) is 0 Å². The van der Waals surface area contributed by atoms with Gasteiger partial charge in [0.05, 0.1) is 0 Å². The molecule has 0 saturated heterocycles. The third-order valence-electron chi connectivity index (χ3n) is 3.39. The minimum absolute atomic E-state index is 1.19. The van der Waals surface area contributed by atoms with E-state index in [0.29, 0.717) is 0 Å². The molecule has 17 heavy (non-hydrogen) atoms. The monoisotopic (exact) mass is 220 g/mol. The van der Waals surface area contributed by atoms with Crippen LogP contribution in [0.25, 0.3) is 17.2 Å². The fraction of sp³-hybridized carbons (Fsp3) is 0.176. The first-order chi connectivity index (χ1) is 8.45. The molecule has 0 bridgehead atoms. The number of hydrogen-bond acceptors (Lipinski definition) is 0. The molecule has 2 aromatic rings. The highest BCUT2D eigenvalue weighted by Crippen LogP contribution is 2.30. The molecule has 0 radical (unpaired) electrons. The summed E-state index contributed by atoms with van der Waals surface area (Å²) < 4.78 is 0. The van der Waals surface area contributed by atoms with Crippen molar-refractivity contribution in [3.05, 3.63) is 65.7 Å². The Balaban J connectivity index is 2.16. The molecular weight excluding hydrogens is 204 g/mol. The number of benzene rings is 2. The first kappa shape index (κ1) is 10.3. The fourth-order valence-corrected chi connectivity index (χ4v) is 2.54. The summed E-state index contributed by atoms with van der Waals surface area (Å²) in [6.45, 7) is 0. The van der Waals surface area contributed by atoms with Crippen molar-refractivity contribution in [2.24, 2.45) is 0 Å². The first-order valence-corrected chi connectivity index (χ1v) is 6.29. The summed E-state index contributed by atoms with van der Waals surface area (Å²) in [5.41, 5.74) is 5.63. The molecule has 0 saturated carbocycles. The van der Waals surface area contributed by atoms with Crippen LogP contribution in [0.15, 0.2) is 54.6 Å². The van der Waals surface area contributed by atoms with Crippen molar-refractivity contribution >= 4 is 6.08 Å². The summed E-state index contributed by atoms with van der Waals surface area (Å²) >= 11 is 0. The molecule has 0 amide bonds. The molecule has 0 heterocycles. The lowest BCUT2D eigenvalue weighted by atomic mass is 9.93. The Hall–Kier alpha value is -1.82. The van der Waals surface area contributed by atoms with E-state index in [4.69, 9.17) is 0 Å². The standard InChI is InChI=1S/C17H16/c1-3-8-14(9-4-1)17-13-7-11-15-10-5-2-6-12-16(15)17/h1,3-5,7-11,13H,2,6,12H2. The molecule has 0 spiro atoms. The summed E-state index contributed by atoms with van der Waals surface area (Å²) in [5.74, 6) is 0. The van der Waals surface area contributed by atoms with Crippen molar-refractivity contribution in [3.8, 4) is 11.1 Å². The summed E-state index contributed by atoms with van der Waals surface area (Å²) in [7, 11) is 0. The zero-order chi connectivity index (χ0) is 11.5. The van der Waals surface area contributed by atoms with Gasteiger partial charge in [-0.3, -0.25) is 0 Å². The Morgan fingerprint density at radius 2 is 1.71 bits per heavy atom. The van der Waals surface area contributed by atoms with Gasteiger partial charge in [-0.15, -0.1) is 0 Å². The van der Waals surface area contributed by atoms with Crippen LogP contribution in [0.2, 0.25) is 0 Å². The van der Waals surface area contributed by atoms with Crippen LogP contribution in [0.4, 0.5) is 0 Å². The molecule has 0 unspecified atom stereocenters. The highest BCUT2D eigenvalue weighted by atomic mass is 14.1. The number of rotatable bonds is 1. The Morgan fingerprint density at radius 1 is 0.824 bits per heavy atom. The molecule has 0 atom stereocenters. The summed E-state index contributed by atoms with van der Waals surface area (Å²) in [6, 6.07) is 17.3. The molecule has 0 aliphatic heterocycles. The topological polar surface area (TPSA) is 0 Å². The fourth-order valence-electron chi connectivity index (χ4n) is 2.54. The number of allylic oxidation sites excluding steroid dienone is 1. The molecule has 1 aliphatic carbocycles. The van der Waals surface area contributed by atoms with Crippen molar-refractivity contribution < 1.29 is 0 Å². The molecule has 0 aromatic heterocycles. The van der Waals surface area contributed by atoms with E-state index < -0.39 is 0 Å².